The monoisotopic (exact) mass is 585 g/mol. The third-order valence-electron chi connectivity index (χ3n) is 5.20. The molecule has 0 fully saturated rings. The zero-order valence-electron chi connectivity index (χ0n) is 20.7. The molecule has 0 saturated carbocycles. The van der Waals surface area contributed by atoms with Gasteiger partial charge in [0.2, 0.25) is 11.8 Å². The Morgan fingerprint density at radius 2 is 1.98 bits per heavy atom. The molecule has 2 heterocycles. The maximum atomic E-state index is 13.5. The van der Waals surface area contributed by atoms with Gasteiger partial charge >= 0.3 is 18.6 Å². The van der Waals surface area contributed by atoms with Gasteiger partial charge in [0.25, 0.3) is 5.56 Å². The summed E-state index contributed by atoms with van der Waals surface area (Å²) in [6.45, 7) is -0.145. The van der Waals surface area contributed by atoms with Crippen LogP contribution in [-0.4, -0.2) is 53.1 Å². The minimum atomic E-state index is -4.71. The van der Waals surface area contributed by atoms with E-state index < -0.39 is 47.8 Å². The van der Waals surface area contributed by atoms with Crippen molar-refractivity contribution in [3.8, 4) is 5.75 Å². The normalized spacial score (nSPS) is 12.4. The number of amides is 3. The third kappa shape index (κ3) is 7.78. The first kappa shape index (κ1) is 30.1. The summed E-state index contributed by atoms with van der Waals surface area (Å²) in [5, 5.41) is 5.04. The third-order valence-corrected chi connectivity index (χ3v) is 6.28. The van der Waals surface area contributed by atoms with Crippen LogP contribution >= 0.6 is 11.3 Å². The van der Waals surface area contributed by atoms with Gasteiger partial charge in [0.05, 0.1) is 23.9 Å². The van der Waals surface area contributed by atoms with Gasteiger partial charge in [-0.1, -0.05) is 12.1 Å². The lowest BCUT2D eigenvalue weighted by atomic mass is 10.1. The van der Waals surface area contributed by atoms with Gasteiger partial charge in [-0.15, -0.1) is 11.3 Å². The fourth-order valence-electron chi connectivity index (χ4n) is 3.36. The number of nitrogens with two attached hydrogens (primary N) is 1. The Balaban J connectivity index is 1.80. The predicted molar refractivity (Wildman–Crippen MR) is 137 cm³/mol. The molecule has 0 bridgehead atoms. The zero-order valence-corrected chi connectivity index (χ0v) is 21.6. The molecule has 16 heteroatoms. The quantitative estimate of drug-likeness (QED) is 0.218. The molecule has 1 atom stereocenters. The number of pyridine rings is 1. The summed E-state index contributed by atoms with van der Waals surface area (Å²) in [4.78, 5) is 52.7. The highest BCUT2D eigenvalue weighted by atomic mass is 32.1. The molecule has 0 aliphatic heterocycles. The number of rotatable bonds is 12. The maximum absolute atomic E-state index is 13.5. The average molecular weight is 586 g/mol. The standard InChI is InChI=1S/C24H23F4N5O6S/c1-38-23(37)32-14(6-2-3-10-17(29)34)20(35)31-15-8-5-11-33(21(15)36)12-18-30-13-7-4-9-16(19(13)40-18)39-24(27,28)22(25)26/h3-5,7-11,14,22H,2,6,12H2,1H3,(H2,29,34)(H,31,35)(H,32,37)/b10-3+/t14-/m0/s1. The van der Waals surface area contributed by atoms with Crippen molar-refractivity contribution in [2.24, 2.45) is 5.73 Å². The Morgan fingerprint density at radius 1 is 1.23 bits per heavy atom. The van der Waals surface area contributed by atoms with Crippen molar-refractivity contribution in [1.29, 1.82) is 0 Å². The number of carbonyl (C=O) groups excluding carboxylic acids is 3. The second-order valence-electron chi connectivity index (χ2n) is 8.09. The van der Waals surface area contributed by atoms with Crippen LogP contribution in [0.15, 0.2) is 53.5 Å². The van der Waals surface area contributed by atoms with Gasteiger partial charge in [-0.2, -0.15) is 17.6 Å². The lowest BCUT2D eigenvalue weighted by Crippen LogP contribution is -2.44. The molecule has 0 spiro atoms. The van der Waals surface area contributed by atoms with E-state index in [4.69, 9.17) is 5.73 Å². The van der Waals surface area contributed by atoms with Gasteiger partial charge in [0.15, 0.2) is 0 Å². The molecule has 40 heavy (non-hydrogen) atoms. The summed E-state index contributed by atoms with van der Waals surface area (Å²) in [5.74, 6) is -1.92. The lowest BCUT2D eigenvalue weighted by molar-refractivity contribution is -0.252. The number of ether oxygens (including phenoxy) is 2. The summed E-state index contributed by atoms with van der Waals surface area (Å²) in [7, 11) is 1.11. The van der Waals surface area contributed by atoms with Crippen LogP contribution in [-0.2, 0) is 20.9 Å². The van der Waals surface area contributed by atoms with E-state index in [2.05, 4.69) is 25.1 Å². The number of nitrogens with zero attached hydrogens (tertiary/aromatic N) is 2. The Labute approximate surface area is 227 Å². The predicted octanol–water partition coefficient (Wildman–Crippen LogP) is 3.23. The van der Waals surface area contributed by atoms with Crippen molar-refractivity contribution < 1.29 is 41.4 Å². The molecule has 0 radical (unpaired) electrons. The largest absolute Gasteiger partial charge is 0.461 e. The van der Waals surface area contributed by atoms with Crippen molar-refractivity contribution in [1.82, 2.24) is 14.9 Å². The minimum Gasteiger partial charge on any atom is -0.453 e. The highest BCUT2D eigenvalue weighted by molar-refractivity contribution is 7.19. The van der Waals surface area contributed by atoms with Crippen molar-refractivity contribution in [2.75, 3.05) is 12.4 Å². The number of benzene rings is 1. The summed E-state index contributed by atoms with van der Waals surface area (Å²) < 4.78 is 62.1. The maximum Gasteiger partial charge on any atom is 0.461 e. The number of halogens is 4. The lowest BCUT2D eigenvalue weighted by Gasteiger charge is -2.17. The zero-order chi connectivity index (χ0) is 29.4. The number of alkyl carbamates (subject to hydrolysis) is 1. The number of anilines is 1. The van der Waals surface area contributed by atoms with E-state index in [-0.39, 0.29) is 40.3 Å². The average Bonchev–Trinajstić information content (AvgIpc) is 3.31. The molecule has 3 aromatic rings. The van der Waals surface area contributed by atoms with Gasteiger partial charge < -0.3 is 30.4 Å². The molecule has 2 aromatic heterocycles. The molecule has 0 aliphatic rings. The van der Waals surface area contributed by atoms with E-state index in [9.17, 15) is 36.7 Å². The first-order valence-corrected chi connectivity index (χ1v) is 12.3. The number of methoxy groups -OCH3 is 1. The minimum absolute atomic E-state index is 0.0481. The van der Waals surface area contributed by atoms with Crippen LogP contribution in [0.3, 0.4) is 0 Å². The number of allylic oxidation sites excluding steroid dienone is 1. The molecular formula is C24H23F4N5O6S. The molecule has 0 unspecified atom stereocenters. The second-order valence-corrected chi connectivity index (χ2v) is 9.17. The van der Waals surface area contributed by atoms with Crippen LogP contribution in [0.2, 0.25) is 0 Å². The Kier molecular flexibility index (Phi) is 9.82. The summed E-state index contributed by atoms with van der Waals surface area (Å²) in [6, 6.07) is 5.54. The molecule has 4 N–H and O–H groups in total. The Bertz CT molecular complexity index is 1480. The number of hydrogen-bond acceptors (Lipinski definition) is 8. The Morgan fingerprint density at radius 3 is 2.65 bits per heavy atom. The summed E-state index contributed by atoms with van der Waals surface area (Å²) in [6.07, 6.45) is -5.49. The van der Waals surface area contributed by atoms with Crippen molar-refractivity contribution in [3.63, 3.8) is 0 Å². The molecular weight excluding hydrogens is 562 g/mol. The van der Waals surface area contributed by atoms with Crippen LogP contribution in [0.1, 0.15) is 17.8 Å². The molecule has 0 aliphatic carbocycles. The number of nitrogens with one attached hydrogen (secondary N) is 2. The Hall–Kier alpha value is -4.47. The smallest absolute Gasteiger partial charge is 0.453 e. The molecule has 11 nitrogen and oxygen atoms in total. The fourth-order valence-corrected chi connectivity index (χ4v) is 4.38. The van der Waals surface area contributed by atoms with Crippen LogP contribution in [0.5, 0.6) is 5.75 Å². The second kappa shape index (κ2) is 13.1. The SMILES string of the molecule is COC(=O)N[C@@H](CC/C=C/C(N)=O)C(=O)Nc1cccn(Cc2nc3cccc(OC(F)(F)C(F)F)c3s2)c1=O. The fraction of sp³-hybridized carbons (Fsp3) is 0.292. The number of alkyl halides is 4. The molecule has 3 rings (SSSR count). The van der Waals surface area contributed by atoms with Gasteiger partial charge in [0.1, 0.15) is 22.5 Å². The highest BCUT2D eigenvalue weighted by Crippen LogP contribution is 2.36. The van der Waals surface area contributed by atoms with E-state index in [1.165, 1.54) is 41.1 Å². The van der Waals surface area contributed by atoms with Crippen LogP contribution in [0.4, 0.5) is 28.0 Å². The number of thiazole rings is 1. The van der Waals surface area contributed by atoms with Gasteiger partial charge in [-0.05, 0) is 43.2 Å². The summed E-state index contributed by atoms with van der Waals surface area (Å²) >= 11 is 0.865. The van der Waals surface area contributed by atoms with Gasteiger partial charge in [0, 0.05) is 6.20 Å². The number of aromatic nitrogens is 2. The molecule has 1 aromatic carbocycles. The highest BCUT2D eigenvalue weighted by Gasteiger charge is 2.44. The van der Waals surface area contributed by atoms with Crippen LogP contribution in [0.25, 0.3) is 10.2 Å². The van der Waals surface area contributed by atoms with Crippen molar-refractivity contribution in [3.05, 3.63) is 64.0 Å². The van der Waals surface area contributed by atoms with E-state index in [0.717, 1.165) is 30.6 Å². The molecule has 3 amide bonds. The number of hydrogen-bond donors (Lipinski definition) is 3. The van der Waals surface area contributed by atoms with Crippen LogP contribution in [0, 0.1) is 0 Å². The van der Waals surface area contributed by atoms with Crippen molar-refractivity contribution >= 4 is 45.1 Å². The van der Waals surface area contributed by atoms with Crippen LogP contribution < -0.4 is 26.7 Å². The van der Waals surface area contributed by atoms with E-state index >= 15 is 0 Å². The van der Waals surface area contributed by atoms with Crippen molar-refractivity contribution in [2.45, 2.75) is 38.0 Å². The number of primary amides is 1. The molecule has 214 valence electrons. The van der Waals surface area contributed by atoms with E-state index in [1.807, 2.05) is 0 Å². The van der Waals surface area contributed by atoms with E-state index in [0.29, 0.717) is 0 Å². The van der Waals surface area contributed by atoms with E-state index in [1.54, 1.807) is 0 Å². The number of carbonyl (C=O) groups is 3. The van der Waals surface area contributed by atoms with Gasteiger partial charge in [-0.3, -0.25) is 14.4 Å². The number of fused-ring (bicyclic) bond motifs is 1. The molecule has 0 saturated heterocycles. The first-order chi connectivity index (χ1) is 18.9. The van der Waals surface area contributed by atoms with Gasteiger partial charge in [-0.25, -0.2) is 9.78 Å². The topological polar surface area (TPSA) is 155 Å². The first-order valence-electron chi connectivity index (χ1n) is 11.5. The summed E-state index contributed by atoms with van der Waals surface area (Å²) in [5.41, 5.74) is 4.43.